The first-order valence-corrected chi connectivity index (χ1v) is 8.54. The monoisotopic (exact) mass is 328 g/mol. The summed E-state index contributed by atoms with van der Waals surface area (Å²) in [5, 5.41) is 3.32. The van der Waals surface area contributed by atoms with E-state index in [1.165, 1.54) is 0 Å². The van der Waals surface area contributed by atoms with Crippen LogP contribution in [0.15, 0.2) is 30.5 Å². The van der Waals surface area contributed by atoms with Crippen molar-refractivity contribution >= 4 is 17.5 Å². The van der Waals surface area contributed by atoms with E-state index in [0.717, 1.165) is 54.9 Å². The van der Waals surface area contributed by atoms with E-state index in [1.54, 1.807) is 6.20 Å². The van der Waals surface area contributed by atoms with Crippen molar-refractivity contribution in [2.75, 3.05) is 36.5 Å². The fraction of sp³-hybridized carbons (Fsp3) is 0.444. The number of rotatable bonds is 7. The minimum atomic E-state index is 0.580. The zero-order chi connectivity index (χ0) is 16.8. The molecule has 1 aliphatic rings. The Morgan fingerprint density at radius 3 is 2.54 bits per heavy atom. The molecule has 0 saturated carbocycles. The molecule has 1 aromatic carbocycles. The molecule has 6 heteroatoms. The lowest BCUT2D eigenvalue weighted by atomic mass is 10.2. The highest BCUT2D eigenvalue weighted by Crippen LogP contribution is 2.33. The molecule has 0 fully saturated rings. The topological polar surface area (TPSA) is 59.5 Å². The molecular weight excluding hydrogens is 304 g/mol. The number of hydrogen-bond donors (Lipinski definition) is 1. The van der Waals surface area contributed by atoms with Gasteiger partial charge in [0.05, 0.1) is 0 Å². The lowest BCUT2D eigenvalue weighted by Gasteiger charge is -2.22. The van der Waals surface area contributed by atoms with Gasteiger partial charge in [-0.3, -0.25) is 0 Å². The number of nitrogens with one attached hydrogen (secondary N) is 1. The average molecular weight is 328 g/mol. The molecule has 3 rings (SSSR count). The number of benzene rings is 1. The largest absolute Gasteiger partial charge is 0.486 e. The van der Waals surface area contributed by atoms with Gasteiger partial charge in [-0.05, 0) is 31.0 Å². The van der Waals surface area contributed by atoms with E-state index >= 15 is 0 Å². The maximum atomic E-state index is 5.62. The molecule has 2 aromatic rings. The molecule has 0 saturated heterocycles. The molecular formula is C18H24N4O2. The first-order valence-electron chi connectivity index (χ1n) is 8.54. The molecule has 0 spiro atoms. The van der Waals surface area contributed by atoms with E-state index in [-0.39, 0.29) is 0 Å². The molecule has 24 heavy (non-hydrogen) atoms. The zero-order valence-electron chi connectivity index (χ0n) is 14.3. The van der Waals surface area contributed by atoms with Crippen molar-refractivity contribution in [1.29, 1.82) is 0 Å². The highest BCUT2D eigenvalue weighted by Gasteiger charge is 2.13. The highest BCUT2D eigenvalue weighted by molar-refractivity contribution is 5.62. The number of aromatic nitrogens is 2. The van der Waals surface area contributed by atoms with Gasteiger partial charge in [0.1, 0.15) is 19.0 Å². The van der Waals surface area contributed by atoms with Crippen molar-refractivity contribution in [1.82, 2.24) is 9.97 Å². The van der Waals surface area contributed by atoms with Gasteiger partial charge in [0.2, 0.25) is 5.95 Å². The SMILES string of the molecule is CCCN(CCC)c1nccc(Nc2ccc3c(c2)OCCO3)n1. The van der Waals surface area contributed by atoms with Crippen molar-refractivity contribution in [3.05, 3.63) is 30.5 Å². The van der Waals surface area contributed by atoms with Crippen molar-refractivity contribution in [3.63, 3.8) is 0 Å². The lowest BCUT2D eigenvalue weighted by Crippen LogP contribution is -2.27. The predicted octanol–water partition coefficient (Wildman–Crippen LogP) is 3.62. The fourth-order valence-electron chi connectivity index (χ4n) is 2.69. The third-order valence-corrected chi connectivity index (χ3v) is 3.73. The van der Waals surface area contributed by atoms with Crippen LogP contribution in [-0.4, -0.2) is 36.3 Å². The summed E-state index contributed by atoms with van der Waals surface area (Å²) >= 11 is 0. The summed E-state index contributed by atoms with van der Waals surface area (Å²) in [6.45, 7) is 7.43. The Hall–Kier alpha value is -2.50. The smallest absolute Gasteiger partial charge is 0.227 e. The molecule has 0 atom stereocenters. The fourth-order valence-corrected chi connectivity index (χ4v) is 2.69. The van der Waals surface area contributed by atoms with Gasteiger partial charge < -0.3 is 19.7 Å². The van der Waals surface area contributed by atoms with Gasteiger partial charge in [0.25, 0.3) is 0 Å². The molecule has 0 aliphatic carbocycles. The summed E-state index contributed by atoms with van der Waals surface area (Å²) in [6, 6.07) is 7.69. The van der Waals surface area contributed by atoms with Crippen LogP contribution in [0.2, 0.25) is 0 Å². The van der Waals surface area contributed by atoms with Gasteiger partial charge in [-0.1, -0.05) is 13.8 Å². The molecule has 2 heterocycles. The Labute approximate surface area is 142 Å². The summed E-state index contributed by atoms with van der Waals surface area (Å²) in [5.74, 6) is 3.08. The molecule has 128 valence electrons. The Morgan fingerprint density at radius 1 is 1.04 bits per heavy atom. The van der Waals surface area contributed by atoms with Gasteiger partial charge in [-0.25, -0.2) is 4.98 Å². The van der Waals surface area contributed by atoms with E-state index in [0.29, 0.717) is 13.2 Å². The van der Waals surface area contributed by atoms with Crippen LogP contribution in [0.4, 0.5) is 17.5 Å². The quantitative estimate of drug-likeness (QED) is 0.838. The first kappa shape index (κ1) is 16.4. The van der Waals surface area contributed by atoms with E-state index in [2.05, 4.69) is 34.0 Å². The summed E-state index contributed by atoms with van der Waals surface area (Å²) in [4.78, 5) is 11.3. The second-order valence-corrected chi connectivity index (χ2v) is 5.71. The molecule has 0 unspecified atom stereocenters. The van der Waals surface area contributed by atoms with Gasteiger partial charge in [0.15, 0.2) is 11.5 Å². The maximum Gasteiger partial charge on any atom is 0.227 e. The van der Waals surface area contributed by atoms with E-state index in [9.17, 15) is 0 Å². The third kappa shape index (κ3) is 3.88. The lowest BCUT2D eigenvalue weighted by molar-refractivity contribution is 0.171. The molecule has 1 aromatic heterocycles. The van der Waals surface area contributed by atoms with Crippen LogP contribution in [-0.2, 0) is 0 Å². The number of nitrogens with zero attached hydrogens (tertiary/aromatic N) is 3. The van der Waals surface area contributed by atoms with Gasteiger partial charge in [-0.15, -0.1) is 0 Å². The summed E-state index contributed by atoms with van der Waals surface area (Å²) in [6.07, 6.45) is 3.94. The Bertz CT molecular complexity index is 672. The molecule has 0 bridgehead atoms. The van der Waals surface area contributed by atoms with Gasteiger partial charge in [0, 0.05) is 31.0 Å². The standard InChI is InChI=1S/C18H24N4O2/c1-3-9-22(10-4-2)18-19-8-7-17(21-18)20-14-5-6-15-16(13-14)24-12-11-23-15/h5-8,13H,3-4,9-12H2,1-2H3,(H,19,20,21). The van der Waals surface area contributed by atoms with Crippen molar-refractivity contribution < 1.29 is 9.47 Å². The molecule has 0 radical (unpaired) electrons. The van der Waals surface area contributed by atoms with Crippen molar-refractivity contribution in [2.24, 2.45) is 0 Å². The van der Waals surface area contributed by atoms with Crippen molar-refractivity contribution in [2.45, 2.75) is 26.7 Å². The van der Waals surface area contributed by atoms with Gasteiger partial charge in [-0.2, -0.15) is 4.98 Å². The van der Waals surface area contributed by atoms with Crippen LogP contribution < -0.4 is 19.7 Å². The number of hydrogen-bond acceptors (Lipinski definition) is 6. The van der Waals surface area contributed by atoms with E-state index in [1.807, 2.05) is 24.3 Å². The van der Waals surface area contributed by atoms with Crippen molar-refractivity contribution in [3.8, 4) is 11.5 Å². The Balaban J connectivity index is 1.76. The van der Waals surface area contributed by atoms with Crippen LogP contribution in [0, 0.1) is 0 Å². The van der Waals surface area contributed by atoms with Gasteiger partial charge >= 0.3 is 0 Å². The Kier molecular flexibility index (Phi) is 5.36. The normalized spacial score (nSPS) is 12.8. The number of anilines is 3. The van der Waals surface area contributed by atoms with E-state index < -0.39 is 0 Å². The summed E-state index contributed by atoms with van der Waals surface area (Å²) < 4.78 is 11.2. The molecule has 1 aliphatic heterocycles. The second-order valence-electron chi connectivity index (χ2n) is 5.71. The van der Waals surface area contributed by atoms with Crippen LogP contribution in [0.3, 0.4) is 0 Å². The number of fused-ring (bicyclic) bond motifs is 1. The summed E-state index contributed by atoms with van der Waals surface area (Å²) in [5.41, 5.74) is 0.918. The van der Waals surface area contributed by atoms with Crippen LogP contribution >= 0.6 is 0 Å². The van der Waals surface area contributed by atoms with Crippen LogP contribution in [0.5, 0.6) is 11.5 Å². The Morgan fingerprint density at radius 2 is 1.79 bits per heavy atom. The second kappa shape index (κ2) is 7.86. The highest BCUT2D eigenvalue weighted by atomic mass is 16.6. The third-order valence-electron chi connectivity index (χ3n) is 3.73. The molecule has 6 nitrogen and oxygen atoms in total. The zero-order valence-corrected chi connectivity index (χ0v) is 14.3. The predicted molar refractivity (Wildman–Crippen MR) is 95.5 cm³/mol. The molecule has 1 N–H and O–H groups in total. The minimum absolute atomic E-state index is 0.580. The minimum Gasteiger partial charge on any atom is -0.486 e. The molecule has 0 amide bonds. The van der Waals surface area contributed by atoms with Crippen LogP contribution in [0.25, 0.3) is 0 Å². The maximum absolute atomic E-state index is 5.62. The summed E-state index contributed by atoms with van der Waals surface area (Å²) in [7, 11) is 0. The first-order chi connectivity index (χ1) is 11.8. The van der Waals surface area contributed by atoms with Crippen LogP contribution in [0.1, 0.15) is 26.7 Å². The average Bonchev–Trinajstić information content (AvgIpc) is 2.62. The van der Waals surface area contributed by atoms with E-state index in [4.69, 9.17) is 9.47 Å². The number of ether oxygens (including phenoxy) is 2.